The molecule has 0 aliphatic rings. The zero-order valence-corrected chi connectivity index (χ0v) is 13.7. The van der Waals surface area contributed by atoms with Crippen molar-refractivity contribution in [2.24, 2.45) is 0 Å². The average molecular weight is 341 g/mol. The highest BCUT2D eigenvalue weighted by Gasteiger charge is 2.14. The third-order valence-corrected chi connectivity index (χ3v) is 3.58. The summed E-state index contributed by atoms with van der Waals surface area (Å²) in [4.78, 5) is 25.1. The van der Waals surface area contributed by atoms with Gasteiger partial charge in [-0.1, -0.05) is 28.9 Å². The van der Waals surface area contributed by atoms with Gasteiger partial charge < -0.3 is 10.2 Å². The molecule has 1 aromatic rings. The first-order chi connectivity index (χ1) is 9.43. The van der Waals surface area contributed by atoms with Gasteiger partial charge in [0, 0.05) is 36.1 Å². The van der Waals surface area contributed by atoms with E-state index in [0.717, 1.165) is 16.6 Å². The fourth-order valence-electron chi connectivity index (χ4n) is 1.77. The molecule has 0 saturated heterocycles. The molecular weight excluding hydrogens is 320 g/mol. The van der Waals surface area contributed by atoms with Crippen LogP contribution < -0.4 is 10.2 Å². The maximum Gasteiger partial charge on any atom is 0.223 e. The van der Waals surface area contributed by atoms with Crippen LogP contribution in [0, 0.1) is 0 Å². The zero-order chi connectivity index (χ0) is 15.1. The number of anilines is 1. The molecule has 0 heterocycles. The topological polar surface area (TPSA) is 49.4 Å². The van der Waals surface area contributed by atoms with Gasteiger partial charge in [0.1, 0.15) is 0 Å². The lowest BCUT2D eigenvalue weighted by molar-refractivity contribution is -0.121. The summed E-state index contributed by atoms with van der Waals surface area (Å²) in [5.74, 6) is -0.0972. The molecule has 110 valence electrons. The third kappa shape index (κ3) is 5.33. The fraction of sp³-hybridized carbons (Fsp3) is 0.467. The molecule has 0 radical (unpaired) electrons. The number of amides is 2. The molecule has 20 heavy (non-hydrogen) atoms. The Kier molecular flexibility index (Phi) is 6.71. The van der Waals surface area contributed by atoms with Crippen LogP contribution in [0.15, 0.2) is 28.7 Å². The molecule has 5 heteroatoms. The van der Waals surface area contributed by atoms with E-state index in [1.54, 1.807) is 4.90 Å². The van der Waals surface area contributed by atoms with E-state index in [4.69, 9.17) is 0 Å². The maximum atomic E-state index is 11.8. The van der Waals surface area contributed by atoms with Gasteiger partial charge in [0.05, 0.1) is 0 Å². The van der Waals surface area contributed by atoms with Gasteiger partial charge in [0.15, 0.2) is 0 Å². The van der Waals surface area contributed by atoms with Crippen LogP contribution in [-0.2, 0) is 9.59 Å². The Morgan fingerprint density at radius 1 is 1.40 bits per heavy atom. The summed E-state index contributed by atoms with van der Waals surface area (Å²) in [5.41, 5.74) is 0.795. The lowest BCUT2D eigenvalue weighted by atomic mass is 10.2. The zero-order valence-electron chi connectivity index (χ0n) is 12.1. The molecular formula is C15H21BrN2O2. The predicted octanol–water partition coefficient (Wildman–Crippen LogP) is 3.11. The fourth-order valence-corrected chi connectivity index (χ4v) is 2.16. The van der Waals surface area contributed by atoms with Crippen molar-refractivity contribution in [2.75, 3.05) is 11.4 Å². The van der Waals surface area contributed by atoms with Gasteiger partial charge in [-0.15, -0.1) is 0 Å². The maximum absolute atomic E-state index is 11.8. The molecule has 1 N–H and O–H groups in total. The van der Waals surface area contributed by atoms with E-state index >= 15 is 0 Å². The van der Waals surface area contributed by atoms with Crippen molar-refractivity contribution in [2.45, 2.75) is 39.7 Å². The van der Waals surface area contributed by atoms with Crippen molar-refractivity contribution in [1.29, 1.82) is 0 Å². The van der Waals surface area contributed by atoms with Crippen molar-refractivity contribution in [3.63, 3.8) is 0 Å². The molecule has 4 nitrogen and oxygen atoms in total. The summed E-state index contributed by atoms with van der Waals surface area (Å²) in [6, 6.07) is 7.66. The van der Waals surface area contributed by atoms with Crippen LogP contribution in [0.1, 0.15) is 33.6 Å². The lowest BCUT2D eigenvalue weighted by Crippen LogP contribution is -2.36. The number of carbonyl (C=O) groups excluding carboxylic acids is 2. The minimum atomic E-state index is -0.0700. The minimum absolute atomic E-state index is 0.0272. The first-order valence-corrected chi connectivity index (χ1v) is 7.56. The number of nitrogens with one attached hydrogen (secondary N) is 1. The monoisotopic (exact) mass is 340 g/mol. The Bertz CT molecular complexity index is 477. The average Bonchev–Trinajstić information content (AvgIpc) is 2.38. The van der Waals surface area contributed by atoms with Crippen LogP contribution >= 0.6 is 15.9 Å². The van der Waals surface area contributed by atoms with Gasteiger partial charge in [-0.2, -0.15) is 0 Å². The number of nitrogens with zero attached hydrogens (tertiary/aromatic N) is 1. The third-order valence-electron chi connectivity index (χ3n) is 3.08. The molecule has 0 aromatic heterocycles. The van der Waals surface area contributed by atoms with E-state index in [1.165, 1.54) is 6.92 Å². The second-order valence-corrected chi connectivity index (χ2v) is 5.69. The summed E-state index contributed by atoms with van der Waals surface area (Å²) in [6.45, 7) is 5.88. The second kappa shape index (κ2) is 8.04. The SMILES string of the molecule is CCC(C)NC(=O)CCN(C(C)=O)c1cccc(Br)c1. The van der Waals surface area contributed by atoms with Crippen LogP contribution in [0.25, 0.3) is 0 Å². The second-order valence-electron chi connectivity index (χ2n) is 4.78. The van der Waals surface area contributed by atoms with E-state index < -0.39 is 0 Å². The molecule has 0 saturated carbocycles. The van der Waals surface area contributed by atoms with E-state index in [2.05, 4.69) is 21.2 Å². The molecule has 0 spiro atoms. The summed E-state index contributed by atoms with van der Waals surface area (Å²) in [6.07, 6.45) is 1.20. The molecule has 0 fully saturated rings. The Balaban J connectivity index is 2.65. The van der Waals surface area contributed by atoms with Crippen LogP contribution in [0.4, 0.5) is 5.69 Å². The molecule has 2 amide bonds. The van der Waals surface area contributed by atoms with Crippen molar-refractivity contribution in [3.05, 3.63) is 28.7 Å². The minimum Gasteiger partial charge on any atom is -0.354 e. The lowest BCUT2D eigenvalue weighted by Gasteiger charge is -2.21. The number of hydrogen-bond donors (Lipinski definition) is 1. The highest BCUT2D eigenvalue weighted by molar-refractivity contribution is 9.10. The van der Waals surface area contributed by atoms with Gasteiger partial charge >= 0.3 is 0 Å². The van der Waals surface area contributed by atoms with Crippen LogP contribution in [0.3, 0.4) is 0 Å². The van der Waals surface area contributed by atoms with Crippen LogP contribution in [-0.4, -0.2) is 24.4 Å². The Morgan fingerprint density at radius 2 is 2.10 bits per heavy atom. The van der Waals surface area contributed by atoms with Gasteiger partial charge in [0.25, 0.3) is 0 Å². The molecule has 0 aliphatic heterocycles. The molecule has 1 aromatic carbocycles. The predicted molar refractivity (Wildman–Crippen MR) is 84.7 cm³/mol. The molecule has 0 aliphatic carbocycles. The largest absolute Gasteiger partial charge is 0.354 e. The first kappa shape index (κ1) is 16.7. The summed E-state index contributed by atoms with van der Waals surface area (Å²) >= 11 is 3.38. The van der Waals surface area contributed by atoms with E-state index in [0.29, 0.717) is 13.0 Å². The number of benzene rings is 1. The van der Waals surface area contributed by atoms with Gasteiger partial charge in [-0.3, -0.25) is 9.59 Å². The normalized spacial score (nSPS) is 11.8. The summed E-state index contributed by atoms with van der Waals surface area (Å²) in [7, 11) is 0. The number of hydrogen-bond acceptors (Lipinski definition) is 2. The Morgan fingerprint density at radius 3 is 2.65 bits per heavy atom. The van der Waals surface area contributed by atoms with Gasteiger partial charge in [-0.25, -0.2) is 0 Å². The van der Waals surface area contributed by atoms with Crippen LogP contribution in [0.2, 0.25) is 0 Å². The first-order valence-electron chi connectivity index (χ1n) is 6.77. The molecule has 1 unspecified atom stereocenters. The van der Waals surface area contributed by atoms with Crippen molar-refractivity contribution < 1.29 is 9.59 Å². The Hall–Kier alpha value is -1.36. The number of rotatable bonds is 6. The highest BCUT2D eigenvalue weighted by Crippen LogP contribution is 2.20. The van der Waals surface area contributed by atoms with Crippen molar-refractivity contribution in [3.8, 4) is 0 Å². The highest BCUT2D eigenvalue weighted by atomic mass is 79.9. The number of carbonyl (C=O) groups is 2. The molecule has 0 bridgehead atoms. The summed E-state index contributed by atoms with van der Waals surface area (Å²) in [5, 5.41) is 2.90. The standard InChI is InChI=1S/C15H21BrN2O2/c1-4-11(2)17-15(20)8-9-18(12(3)19)14-7-5-6-13(16)10-14/h5-7,10-11H,4,8-9H2,1-3H3,(H,17,20). The molecule has 1 rings (SSSR count). The van der Waals surface area contributed by atoms with Gasteiger partial charge in [-0.05, 0) is 31.5 Å². The van der Waals surface area contributed by atoms with E-state index in [-0.39, 0.29) is 17.9 Å². The van der Waals surface area contributed by atoms with Crippen LogP contribution in [0.5, 0.6) is 0 Å². The number of halogens is 1. The molecule has 1 atom stereocenters. The van der Waals surface area contributed by atoms with E-state index in [9.17, 15) is 9.59 Å². The Labute approximate surface area is 128 Å². The smallest absolute Gasteiger partial charge is 0.223 e. The van der Waals surface area contributed by atoms with Crippen molar-refractivity contribution in [1.82, 2.24) is 5.32 Å². The van der Waals surface area contributed by atoms with E-state index in [1.807, 2.05) is 38.1 Å². The van der Waals surface area contributed by atoms with Crippen molar-refractivity contribution >= 4 is 33.4 Å². The van der Waals surface area contributed by atoms with Gasteiger partial charge in [0.2, 0.25) is 11.8 Å². The quantitative estimate of drug-likeness (QED) is 0.864. The summed E-state index contributed by atoms with van der Waals surface area (Å²) < 4.78 is 0.908.